The van der Waals surface area contributed by atoms with Crippen LogP contribution in [-0.4, -0.2) is 62.1 Å². The highest BCUT2D eigenvalue weighted by atomic mass is 16.6. The van der Waals surface area contributed by atoms with Gasteiger partial charge in [-0.05, 0) is 37.6 Å². The van der Waals surface area contributed by atoms with Crippen LogP contribution < -0.4 is 19.7 Å². The molecule has 158 valence electrons. The molecule has 2 heterocycles. The Kier molecular flexibility index (Phi) is 5.90. The number of ether oxygens (including phenoxy) is 2. The van der Waals surface area contributed by atoms with Gasteiger partial charge in [0.1, 0.15) is 6.61 Å². The van der Waals surface area contributed by atoms with E-state index in [1.165, 1.54) is 10.5 Å². The number of anilines is 1. The van der Waals surface area contributed by atoms with Crippen LogP contribution in [0.4, 0.5) is 5.69 Å². The van der Waals surface area contributed by atoms with E-state index in [-0.39, 0.29) is 18.4 Å². The molecular formula is C23H28N3O4+. The maximum atomic E-state index is 12.8. The summed E-state index contributed by atoms with van der Waals surface area (Å²) in [6.45, 7) is 7.32. The summed E-state index contributed by atoms with van der Waals surface area (Å²) in [5, 5.41) is 3.00. The molecule has 4 rings (SSSR count). The van der Waals surface area contributed by atoms with Gasteiger partial charge in [-0.3, -0.25) is 9.59 Å². The van der Waals surface area contributed by atoms with Gasteiger partial charge in [0.2, 0.25) is 6.10 Å². The van der Waals surface area contributed by atoms with Crippen LogP contribution in [0.1, 0.15) is 11.1 Å². The molecule has 0 saturated carbocycles. The summed E-state index contributed by atoms with van der Waals surface area (Å²) >= 11 is 0. The summed E-state index contributed by atoms with van der Waals surface area (Å²) in [7, 11) is 0. The molecule has 2 aromatic rings. The van der Waals surface area contributed by atoms with E-state index in [9.17, 15) is 9.59 Å². The molecule has 2 amide bonds. The smallest absolute Gasteiger partial charge is 0.279 e. The molecule has 2 N–H and O–H groups in total. The number of para-hydroxylation sites is 2. The largest absolute Gasteiger partial charge is 0.485 e. The van der Waals surface area contributed by atoms with Crippen LogP contribution in [0, 0.1) is 13.8 Å². The molecule has 0 spiro atoms. The molecule has 2 aliphatic rings. The molecule has 1 atom stereocenters. The Labute approximate surface area is 176 Å². The first kappa shape index (κ1) is 20.2. The van der Waals surface area contributed by atoms with Crippen molar-refractivity contribution in [1.82, 2.24) is 4.90 Å². The maximum Gasteiger partial charge on any atom is 0.279 e. The van der Waals surface area contributed by atoms with E-state index >= 15 is 0 Å². The number of carbonyl (C=O) groups excluding carboxylic acids is 2. The number of hydrogen-bond acceptors (Lipinski definition) is 4. The van der Waals surface area contributed by atoms with Crippen molar-refractivity contribution in [2.24, 2.45) is 0 Å². The second-order valence-corrected chi connectivity index (χ2v) is 7.98. The Morgan fingerprint density at radius 3 is 2.57 bits per heavy atom. The highest BCUT2D eigenvalue weighted by Crippen LogP contribution is 2.31. The standard InChI is InChI=1S/C23H27N3O4/c1-16-7-8-18(17(2)13-16)24-22(27)14-25-9-11-26(12-10-25)23(28)21-15-29-19-5-3-4-6-20(19)30-21/h3-8,13,21H,9-12,14-15H2,1-2H3,(H,24,27)/p+1/t21-/m1/s1. The van der Waals surface area contributed by atoms with Crippen molar-refractivity contribution in [1.29, 1.82) is 0 Å². The van der Waals surface area contributed by atoms with Gasteiger partial charge in [0.25, 0.3) is 11.8 Å². The number of nitrogens with one attached hydrogen (secondary N) is 2. The van der Waals surface area contributed by atoms with Gasteiger partial charge in [-0.25, -0.2) is 0 Å². The lowest BCUT2D eigenvalue weighted by atomic mass is 10.1. The molecule has 0 unspecified atom stereocenters. The van der Waals surface area contributed by atoms with Crippen molar-refractivity contribution in [2.45, 2.75) is 20.0 Å². The van der Waals surface area contributed by atoms with Gasteiger partial charge in [-0.1, -0.05) is 29.8 Å². The number of amides is 2. The fraction of sp³-hybridized carbons (Fsp3) is 0.391. The topological polar surface area (TPSA) is 72.3 Å². The van der Waals surface area contributed by atoms with E-state index < -0.39 is 6.10 Å². The van der Waals surface area contributed by atoms with Gasteiger partial charge in [-0.2, -0.15) is 0 Å². The Bertz CT molecular complexity index is 938. The predicted octanol–water partition coefficient (Wildman–Crippen LogP) is 0.809. The lowest BCUT2D eigenvalue weighted by Crippen LogP contribution is -3.15. The summed E-state index contributed by atoms with van der Waals surface area (Å²) < 4.78 is 11.5. The van der Waals surface area contributed by atoms with Crippen LogP contribution in [0.3, 0.4) is 0 Å². The predicted molar refractivity (Wildman–Crippen MR) is 113 cm³/mol. The molecular weight excluding hydrogens is 382 g/mol. The number of aryl methyl sites for hydroxylation is 2. The zero-order valence-corrected chi connectivity index (χ0v) is 17.4. The second-order valence-electron chi connectivity index (χ2n) is 7.98. The molecule has 2 aromatic carbocycles. The number of quaternary nitrogens is 1. The summed E-state index contributed by atoms with van der Waals surface area (Å²) in [4.78, 5) is 28.3. The van der Waals surface area contributed by atoms with E-state index in [0.717, 1.165) is 24.3 Å². The Morgan fingerprint density at radius 1 is 1.10 bits per heavy atom. The van der Waals surface area contributed by atoms with E-state index in [2.05, 4.69) is 11.4 Å². The monoisotopic (exact) mass is 410 g/mol. The number of hydrogen-bond donors (Lipinski definition) is 2. The molecule has 1 fully saturated rings. The highest BCUT2D eigenvalue weighted by Gasteiger charge is 2.34. The number of fused-ring (bicyclic) bond motifs is 1. The molecule has 0 aliphatic carbocycles. The van der Waals surface area contributed by atoms with Gasteiger partial charge < -0.3 is 24.6 Å². The Balaban J connectivity index is 1.25. The Hall–Kier alpha value is -3.06. The van der Waals surface area contributed by atoms with E-state index in [1.54, 1.807) is 0 Å². The minimum absolute atomic E-state index is 0.00245. The highest BCUT2D eigenvalue weighted by molar-refractivity contribution is 5.92. The van der Waals surface area contributed by atoms with E-state index in [1.807, 2.05) is 55.1 Å². The minimum Gasteiger partial charge on any atom is -0.485 e. The summed E-state index contributed by atoms with van der Waals surface area (Å²) in [6, 6.07) is 13.4. The summed E-state index contributed by atoms with van der Waals surface area (Å²) in [5.41, 5.74) is 3.09. The van der Waals surface area contributed by atoms with Crippen molar-refractivity contribution in [3.63, 3.8) is 0 Å². The number of carbonyl (C=O) groups is 2. The van der Waals surface area contributed by atoms with Crippen LogP contribution in [0.5, 0.6) is 11.5 Å². The molecule has 0 aromatic heterocycles. The van der Waals surface area contributed by atoms with Crippen LogP contribution in [0.2, 0.25) is 0 Å². The van der Waals surface area contributed by atoms with Gasteiger partial charge in [0.05, 0.1) is 26.2 Å². The third-order valence-corrected chi connectivity index (χ3v) is 5.63. The molecule has 0 bridgehead atoms. The van der Waals surface area contributed by atoms with Gasteiger partial charge >= 0.3 is 0 Å². The second kappa shape index (κ2) is 8.75. The van der Waals surface area contributed by atoms with Crippen molar-refractivity contribution in [3.8, 4) is 11.5 Å². The van der Waals surface area contributed by atoms with E-state index in [0.29, 0.717) is 31.1 Å². The van der Waals surface area contributed by atoms with Crippen molar-refractivity contribution < 1.29 is 24.0 Å². The summed E-state index contributed by atoms with van der Waals surface area (Å²) in [6.07, 6.45) is -0.616. The first-order chi connectivity index (χ1) is 14.5. The first-order valence-corrected chi connectivity index (χ1v) is 10.4. The lowest BCUT2D eigenvalue weighted by Gasteiger charge is -2.35. The fourth-order valence-electron chi connectivity index (χ4n) is 3.94. The van der Waals surface area contributed by atoms with Gasteiger partial charge in [0, 0.05) is 5.69 Å². The number of benzene rings is 2. The molecule has 2 aliphatic heterocycles. The molecule has 7 nitrogen and oxygen atoms in total. The fourth-order valence-corrected chi connectivity index (χ4v) is 3.94. The molecule has 7 heteroatoms. The van der Waals surface area contributed by atoms with Crippen LogP contribution in [-0.2, 0) is 9.59 Å². The third kappa shape index (κ3) is 4.57. The van der Waals surface area contributed by atoms with E-state index in [4.69, 9.17) is 9.47 Å². The zero-order chi connectivity index (χ0) is 21.1. The SMILES string of the molecule is Cc1ccc(NC(=O)C[NH+]2CCN(C(=O)[C@H]3COc4ccccc4O3)CC2)c(C)c1. The number of nitrogens with zero attached hydrogens (tertiary/aromatic N) is 1. The minimum atomic E-state index is -0.616. The normalized spacial score (nSPS) is 18.7. The number of piperazine rings is 1. The van der Waals surface area contributed by atoms with Crippen molar-refractivity contribution >= 4 is 17.5 Å². The average Bonchev–Trinajstić information content (AvgIpc) is 2.75. The Morgan fingerprint density at radius 2 is 1.83 bits per heavy atom. The van der Waals surface area contributed by atoms with Crippen LogP contribution >= 0.6 is 0 Å². The maximum absolute atomic E-state index is 12.8. The third-order valence-electron chi connectivity index (χ3n) is 5.63. The molecule has 1 saturated heterocycles. The average molecular weight is 410 g/mol. The van der Waals surface area contributed by atoms with Crippen LogP contribution in [0.25, 0.3) is 0 Å². The van der Waals surface area contributed by atoms with Crippen molar-refractivity contribution in [3.05, 3.63) is 53.6 Å². The van der Waals surface area contributed by atoms with Gasteiger partial charge in [-0.15, -0.1) is 0 Å². The lowest BCUT2D eigenvalue weighted by molar-refractivity contribution is -0.895. The molecule has 0 radical (unpaired) electrons. The van der Waals surface area contributed by atoms with Gasteiger partial charge in [0.15, 0.2) is 18.0 Å². The van der Waals surface area contributed by atoms with Crippen molar-refractivity contribution in [2.75, 3.05) is 44.6 Å². The summed E-state index contributed by atoms with van der Waals surface area (Å²) in [5.74, 6) is 1.22. The molecule has 30 heavy (non-hydrogen) atoms. The zero-order valence-electron chi connectivity index (χ0n) is 17.4. The quantitative estimate of drug-likeness (QED) is 0.783. The first-order valence-electron chi connectivity index (χ1n) is 10.4. The van der Waals surface area contributed by atoms with Crippen LogP contribution in [0.15, 0.2) is 42.5 Å². The number of rotatable bonds is 4.